The molecule has 3 heterocycles. The number of rotatable bonds is 4. The van der Waals surface area contributed by atoms with Crippen LogP contribution in [-0.2, 0) is 0 Å². The van der Waals surface area contributed by atoms with Crippen molar-refractivity contribution in [3.63, 3.8) is 0 Å². The van der Waals surface area contributed by atoms with Gasteiger partial charge in [-0.05, 0) is 74.5 Å². The minimum atomic E-state index is 0.499. The van der Waals surface area contributed by atoms with E-state index in [0.717, 1.165) is 56.7 Å². The van der Waals surface area contributed by atoms with E-state index in [-0.39, 0.29) is 0 Å². The molecule has 1 aliphatic heterocycles. The molecule has 0 fully saturated rings. The SMILES string of the molecule is CCC=C1C=Cc2cnc3ccc(/C(C(C)=N)=C(\C)P)nc3c2N1c1cccc(C)c1. The van der Waals surface area contributed by atoms with Gasteiger partial charge in [0.05, 0.1) is 16.9 Å². The molecule has 0 spiro atoms. The molecule has 1 N–H and O–H groups in total. The summed E-state index contributed by atoms with van der Waals surface area (Å²) in [6.07, 6.45) is 9.35. The predicted molar refractivity (Wildman–Crippen MR) is 136 cm³/mol. The van der Waals surface area contributed by atoms with Gasteiger partial charge < -0.3 is 10.3 Å². The predicted octanol–water partition coefficient (Wildman–Crippen LogP) is 7.04. The summed E-state index contributed by atoms with van der Waals surface area (Å²) < 4.78 is 0. The van der Waals surface area contributed by atoms with Gasteiger partial charge in [0.25, 0.3) is 0 Å². The van der Waals surface area contributed by atoms with Crippen molar-refractivity contribution in [2.45, 2.75) is 34.1 Å². The number of hydrogen-bond donors (Lipinski definition) is 1. The molecule has 1 aliphatic rings. The average Bonchev–Trinajstić information content (AvgIpc) is 2.73. The van der Waals surface area contributed by atoms with Crippen molar-refractivity contribution in [3.05, 3.63) is 82.6 Å². The smallest absolute Gasteiger partial charge is 0.114 e. The minimum absolute atomic E-state index is 0.499. The normalized spacial score (nSPS) is 15.3. The minimum Gasteiger partial charge on any atom is -0.308 e. The van der Waals surface area contributed by atoms with Crippen LogP contribution in [0.5, 0.6) is 0 Å². The molecule has 4 nitrogen and oxygen atoms in total. The van der Waals surface area contributed by atoms with Gasteiger partial charge in [0.2, 0.25) is 0 Å². The Morgan fingerprint density at radius 1 is 1.16 bits per heavy atom. The molecule has 1 atom stereocenters. The Kier molecular flexibility index (Phi) is 5.84. The van der Waals surface area contributed by atoms with E-state index in [9.17, 15) is 0 Å². The number of nitrogens with one attached hydrogen (secondary N) is 1. The van der Waals surface area contributed by atoms with Gasteiger partial charge in [-0.15, -0.1) is 9.24 Å². The molecule has 0 aliphatic carbocycles. The zero-order chi connectivity index (χ0) is 22.1. The van der Waals surface area contributed by atoms with E-state index in [2.05, 4.69) is 75.5 Å². The van der Waals surface area contributed by atoms with Crippen LogP contribution < -0.4 is 4.90 Å². The van der Waals surface area contributed by atoms with Gasteiger partial charge in [-0.1, -0.05) is 25.1 Å². The van der Waals surface area contributed by atoms with Gasteiger partial charge in [-0.3, -0.25) is 4.98 Å². The molecule has 0 amide bonds. The van der Waals surface area contributed by atoms with Gasteiger partial charge in [0.1, 0.15) is 5.52 Å². The van der Waals surface area contributed by atoms with Gasteiger partial charge in [0, 0.05) is 34.4 Å². The second-order valence-corrected chi connectivity index (χ2v) is 8.72. The summed E-state index contributed by atoms with van der Waals surface area (Å²) in [4.78, 5) is 12.0. The molecule has 0 radical (unpaired) electrons. The third kappa shape index (κ3) is 3.96. The molecule has 5 heteroatoms. The van der Waals surface area contributed by atoms with Crippen LogP contribution in [0.3, 0.4) is 0 Å². The van der Waals surface area contributed by atoms with Crippen LogP contribution in [-0.4, -0.2) is 15.7 Å². The molecular formula is C26H27N4P. The molecule has 0 saturated carbocycles. The Morgan fingerprint density at radius 2 is 1.97 bits per heavy atom. The van der Waals surface area contributed by atoms with Gasteiger partial charge in [0.15, 0.2) is 0 Å². The second-order valence-electron chi connectivity index (χ2n) is 7.85. The van der Waals surface area contributed by atoms with Crippen molar-refractivity contribution in [2.24, 2.45) is 0 Å². The topological polar surface area (TPSA) is 52.9 Å². The van der Waals surface area contributed by atoms with Crippen LogP contribution >= 0.6 is 9.24 Å². The summed E-state index contributed by atoms with van der Waals surface area (Å²) in [6, 6.07) is 12.5. The monoisotopic (exact) mass is 426 g/mol. The molecular weight excluding hydrogens is 399 g/mol. The molecule has 156 valence electrons. The molecule has 0 bridgehead atoms. The Morgan fingerprint density at radius 3 is 2.65 bits per heavy atom. The first kappa shape index (κ1) is 21.1. The first-order chi connectivity index (χ1) is 14.9. The van der Waals surface area contributed by atoms with Gasteiger partial charge in [-0.2, -0.15) is 0 Å². The second kappa shape index (κ2) is 8.56. The van der Waals surface area contributed by atoms with E-state index in [1.807, 2.05) is 25.3 Å². The highest BCUT2D eigenvalue weighted by Crippen LogP contribution is 2.41. The highest BCUT2D eigenvalue weighted by atomic mass is 31.0. The lowest BCUT2D eigenvalue weighted by atomic mass is 10.0. The van der Waals surface area contributed by atoms with Crippen LogP contribution in [0.25, 0.3) is 22.7 Å². The lowest BCUT2D eigenvalue weighted by Crippen LogP contribution is -2.20. The largest absolute Gasteiger partial charge is 0.308 e. The van der Waals surface area contributed by atoms with Crippen molar-refractivity contribution in [1.82, 2.24) is 9.97 Å². The summed E-state index contributed by atoms with van der Waals surface area (Å²) in [5, 5.41) is 9.24. The van der Waals surface area contributed by atoms with E-state index in [1.165, 1.54) is 5.56 Å². The van der Waals surface area contributed by atoms with E-state index in [1.54, 1.807) is 6.92 Å². The summed E-state index contributed by atoms with van der Waals surface area (Å²) in [7, 11) is 2.71. The molecule has 2 aromatic heterocycles. The number of anilines is 2. The molecule has 1 aromatic carbocycles. The van der Waals surface area contributed by atoms with Crippen molar-refractivity contribution < 1.29 is 0 Å². The molecule has 31 heavy (non-hydrogen) atoms. The van der Waals surface area contributed by atoms with Crippen LogP contribution in [0.4, 0.5) is 11.4 Å². The fraction of sp³-hybridized carbons (Fsp3) is 0.192. The maximum absolute atomic E-state index is 8.24. The average molecular weight is 427 g/mol. The standard InChI is InChI=1S/C26H27N4P/c1-5-7-20-11-10-19-15-28-23-13-12-22(24(17(3)27)18(4)31)29-25(23)26(19)30(20)21-9-6-8-16(2)14-21/h6-15,27H,5,31H2,1-4H3/b20-7?,24-18+,27-17?. The number of pyridine rings is 2. The fourth-order valence-corrected chi connectivity index (χ4v) is 4.41. The molecule has 4 rings (SSSR count). The van der Waals surface area contributed by atoms with Gasteiger partial charge in [-0.25, -0.2) is 4.98 Å². The van der Waals surface area contributed by atoms with Crippen LogP contribution in [0.1, 0.15) is 44.0 Å². The summed E-state index contributed by atoms with van der Waals surface area (Å²) >= 11 is 0. The third-order valence-electron chi connectivity index (χ3n) is 5.33. The van der Waals surface area contributed by atoms with Crippen LogP contribution in [0.2, 0.25) is 0 Å². The first-order valence-electron chi connectivity index (χ1n) is 10.5. The number of aromatic nitrogens is 2. The Hall–Kier alpha value is -3.10. The van der Waals surface area contributed by atoms with Crippen LogP contribution in [0.15, 0.2) is 65.8 Å². The van der Waals surface area contributed by atoms with Crippen molar-refractivity contribution in [3.8, 4) is 0 Å². The summed E-state index contributed by atoms with van der Waals surface area (Å²) in [5.74, 6) is 0. The summed E-state index contributed by atoms with van der Waals surface area (Å²) in [6.45, 7) is 8.06. The zero-order valence-electron chi connectivity index (χ0n) is 18.4. The van der Waals surface area contributed by atoms with Crippen molar-refractivity contribution >= 4 is 49.0 Å². The van der Waals surface area contributed by atoms with E-state index in [4.69, 9.17) is 10.4 Å². The van der Waals surface area contributed by atoms with Crippen molar-refractivity contribution in [2.75, 3.05) is 4.90 Å². The number of hydrogen-bond acceptors (Lipinski definition) is 4. The van der Waals surface area contributed by atoms with E-state index in [0.29, 0.717) is 5.71 Å². The number of fused-ring (bicyclic) bond motifs is 3. The Balaban J connectivity index is 2.05. The van der Waals surface area contributed by atoms with E-state index >= 15 is 0 Å². The van der Waals surface area contributed by atoms with E-state index < -0.39 is 0 Å². The zero-order valence-corrected chi connectivity index (χ0v) is 19.6. The maximum atomic E-state index is 8.24. The van der Waals surface area contributed by atoms with Gasteiger partial charge >= 0.3 is 0 Å². The van der Waals surface area contributed by atoms with Crippen molar-refractivity contribution in [1.29, 1.82) is 5.41 Å². The summed E-state index contributed by atoms with van der Waals surface area (Å²) in [5.41, 5.74) is 9.33. The first-order valence-corrected chi connectivity index (χ1v) is 11.1. The molecule has 1 unspecified atom stereocenters. The third-order valence-corrected chi connectivity index (χ3v) is 5.62. The quantitative estimate of drug-likeness (QED) is 0.359. The Bertz CT molecular complexity index is 1280. The maximum Gasteiger partial charge on any atom is 0.114 e. The lowest BCUT2D eigenvalue weighted by Gasteiger charge is -2.31. The highest BCUT2D eigenvalue weighted by Gasteiger charge is 2.24. The van der Waals surface area contributed by atoms with Crippen LogP contribution in [0, 0.1) is 12.3 Å². The highest BCUT2D eigenvalue weighted by molar-refractivity contribution is 7.23. The fourth-order valence-electron chi connectivity index (χ4n) is 4.05. The number of benzene rings is 1. The number of aryl methyl sites for hydroxylation is 1. The lowest BCUT2D eigenvalue weighted by molar-refractivity contribution is 1.12. The molecule has 0 saturated heterocycles. The number of nitrogens with zero attached hydrogens (tertiary/aromatic N) is 3. The molecule has 3 aromatic rings. The number of allylic oxidation sites excluding steroid dienone is 4. The Labute approximate surface area is 186 Å².